The van der Waals surface area contributed by atoms with Crippen molar-refractivity contribution in [2.24, 2.45) is 5.92 Å². The van der Waals surface area contributed by atoms with E-state index in [1.54, 1.807) is 0 Å². The zero-order valence-electron chi connectivity index (χ0n) is 8.94. The van der Waals surface area contributed by atoms with Crippen LogP contribution in [0.25, 0.3) is 0 Å². The molecular weight excluding hydrogens is 174 g/mol. The monoisotopic (exact) mass is 192 g/mol. The van der Waals surface area contributed by atoms with Crippen LogP contribution in [0.15, 0.2) is 30.6 Å². The van der Waals surface area contributed by atoms with Crippen LogP contribution in [0, 0.1) is 5.92 Å². The van der Waals surface area contributed by atoms with Gasteiger partial charge in [0.1, 0.15) is 5.78 Å². The number of ketones is 1. The van der Waals surface area contributed by atoms with Crippen molar-refractivity contribution in [2.75, 3.05) is 0 Å². The summed E-state index contributed by atoms with van der Waals surface area (Å²) in [6.07, 6.45) is 5.64. The second-order valence-electron chi connectivity index (χ2n) is 3.69. The Morgan fingerprint density at radius 2 is 1.93 bits per heavy atom. The molecule has 2 nitrogen and oxygen atoms in total. The van der Waals surface area contributed by atoms with Gasteiger partial charge in [0.25, 0.3) is 0 Å². The summed E-state index contributed by atoms with van der Waals surface area (Å²) in [6.45, 7) is 4.83. The third-order valence-corrected chi connectivity index (χ3v) is 2.31. The Labute approximate surface area is 85.6 Å². The maximum atomic E-state index is 11.5. The third-order valence-electron chi connectivity index (χ3n) is 2.31. The van der Waals surface area contributed by atoms with E-state index in [1.807, 2.05) is 44.4 Å². The predicted octanol–water partition coefficient (Wildman–Crippen LogP) is 1.98. The molecule has 0 bridgehead atoms. The van der Waals surface area contributed by atoms with Gasteiger partial charge in [-0.15, -0.1) is 0 Å². The summed E-state index contributed by atoms with van der Waals surface area (Å²) in [5.41, 5.74) is 0. The summed E-state index contributed by atoms with van der Waals surface area (Å²) in [6, 6.07) is 5.95. The molecule has 0 spiro atoms. The lowest BCUT2D eigenvalue weighted by molar-refractivity contribution is -0.700. The zero-order valence-corrected chi connectivity index (χ0v) is 8.94. The van der Waals surface area contributed by atoms with Crippen molar-refractivity contribution in [2.45, 2.75) is 33.2 Å². The molecule has 0 aromatic carbocycles. The molecule has 1 aromatic rings. The van der Waals surface area contributed by atoms with Crippen molar-refractivity contribution in [1.29, 1.82) is 0 Å². The molecule has 14 heavy (non-hydrogen) atoms. The largest absolute Gasteiger partial charge is 0.299 e. The van der Waals surface area contributed by atoms with E-state index in [-0.39, 0.29) is 5.92 Å². The highest BCUT2D eigenvalue weighted by molar-refractivity contribution is 5.80. The summed E-state index contributed by atoms with van der Waals surface area (Å²) < 4.78 is 2.05. The van der Waals surface area contributed by atoms with Crippen LogP contribution in [-0.4, -0.2) is 5.78 Å². The number of nitrogens with zero attached hydrogens (tertiary/aromatic N) is 1. The SMILES string of the molecule is CCCC(=O)C(C)C[n+]1ccccc1. The first-order valence-corrected chi connectivity index (χ1v) is 5.21. The van der Waals surface area contributed by atoms with Crippen LogP contribution in [0.2, 0.25) is 0 Å². The lowest BCUT2D eigenvalue weighted by atomic mass is 10.0. The molecule has 2 heteroatoms. The van der Waals surface area contributed by atoms with Crippen molar-refractivity contribution in [3.8, 4) is 0 Å². The molecule has 0 aliphatic rings. The summed E-state index contributed by atoms with van der Waals surface area (Å²) >= 11 is 0. The Balaban J connectivity index is 2.49. The minimum Gasteiger partial charge on any atom is -0.299 e. The number of carbonyl (C=O) groups excluding carboxylic acids is 1. The second-order valence-corrected chi connectivity index (χ2v) is 3.69. The maximum Gasteiger partial charge on any atom is 0.168 e. The van der Waals surface area contributed by atoms with Crippen LogP contribution in [-0.2, 0) is 11.3 Å². The Bertz CT molecular complexity index is 282. The van der Waals surface area contributed by atoms with E-state index < -0.39 is 0 Å². The van der Waals surface area contributed by atoms with Gasteiger partial charge in [-0.1, -0.05) is 13.0 Å². The fraction of sp³-hybridized carbons (Fsp3) is 0.500. The molecule has 1 rings (SSSR count). The molecule has 1 unspecified atom stereocenters. The molecule has 76 valence electrons. The second kappa shape index (κ2) is 5.53. The minimum absolute atomic E-state index is 0.127. The molecule has 1 aromatic heterocycles. The highest BCUT2D eigenvalue weighted by Crippen LogP contribution is 2.02. The molecule has 1 atom stereocenters. The Morgan fingerprint density at radius 3 is 2.50 bits per heavy atom. The number of pyridine rings is 1. The number of hydrogen-bond acceptors (Lipinski definition) is 1. The smallest absolute Gasteiger partial charge is 0.168 e. The van der Waals surface area contributed by atoms with Crippen molar-refractivity contribution >= 4 is 5.78 Å². The van der Waals surface area contributed by atoms with Crippen LogP contribution in [0.3, 0.4) is 0 Å². The molecule has 0 radical (unpaired) electrons. The van der Waals surface area contributed by atoms with Gasteiger partial charge in [0, 0.05) is 18.6 Å². The summed E-state index contributed by atoms with van der Waals surface area (Å²) in [5, 5.41) is 0. The standard InChI is InChI=1S/C12H18NO/c1-3-7-12(14)11(2)10-13-8-5-4-6-9-13/h4-6,8-9,11H,3,7,10H2,1-2H3/q+1. The van der Waals surface area contributed by atoms with E-state index >= 15 is 0 Å². The van der Waals surface area contributed by atoms with Crippen molar-refractivity contribution in [3.05, 3.63) is 30.6 Å². The van der Waals surface area contributed by atoms with Crippen molar-refractivity contribution < 1.29 is 9.36 Å². The lowest BCUT2D eigenvalue weighted by Gasteiger charge is -2.05. The van der Waals surface area contributed by atoms with E-state index in [0.717, 1.165) is 13.0 Å². The van der Waals surface area contributed by atoms with E-state index in [4.69, 9.17) is 0 Å². The third kappa shape index (κ3) is 3.29. The van der Waals surface area contributed by atoms with E-state index in [1.165, 1.54) is 0 Å². The maximum absolute atomic E-state index is 11.5. The lowest BCUT2D eigenvalue weighted by Crippen LogP contribution is -2.38. The summed E-state index contributed by atoms with van der Waals surface area (Å²) in [4.78, 5) is 11.5. The average Bonchev–Trinajstić information content (AvgIpc) is 2.19. The molecule has 0 N–H and O–H groups in total. The topological polar surface area (TPSA) is 20.9 Å². The molecule has 0 fully saturated rings. The number of carbonyl (C=O) groups is 1. The van der Waals surface area contributed by atoms with E-state index in [0.29, 0.717) is 12.2 Å². The Hall–Kier alpha value is -1.18. The number of hydrogen-bond donors (Lipinski definition) is 0. The van der Waals surface area contributed by atoms with Crippen LogP contribution in [0.5, 0.6) is 0 Å². The van der Waals surface area contributed by atoms with Gasteiger partial charge in [-0.25, -0.2) is 4.57 Å². The molecule has 0 saturated heterocycles. The van der Waals surface area contributed by atoms with Crippen molar-refractivity contribution in [1.82, 2.24) is 0 Å². The summed E-state index contributed by atoms with van der Waals surface area (Å²) in [5.74, 6) is 0.492. The quantitative estimate of drug-likeness (QED) is 0.653. The molecular formula is C12H18NO+. The van der Waals surface area contributed by atoms with Crippen LogP contribution >= 0.6 is 0 Å². The number of aromatic nitrogens is 1. The molecule has 0 saturated carbocycles. The Morgan fingerprint density at radius 1 is 1.29 bits per heavy atom. The van der Waals surface area contributed by atoms with Gasteiger partial charge in [0.2, 0.25) is 0 Å². The van der Waals surface area contributed by atoms with Crippen LogP contribution in [0.1, 0.15) is 26.7 Å². The average molecular weight is 192 g/mol. The first-order chi connectivity index (χ1) is 6.74. The van der Waals surface area contributed by atoms with E-state index in [2.05, 4.69) is 4.57 Å². The van der Waals surface area contributed by atoms with Gasteiger partial charge in [-0.3, -0.25) is 4.79 Å². The number of Topliss-reactive ketones (excluding diaryl/α,β-unsaturated/α-hetero) is 1. The van der Waals surface area contributed by atoms with Crippen LogP contribution < -0.4 is 4.57 Å². The van der Waals surface area contributed by atoms with Gasteiger partial charge in [0.15, 0.2) is 18.9 Å². The summed E-state index contributed by atoms with van der Waals surface area (Å²) in [7, 11) is 0. The fourth-order valence-electron chi connectivity index (χ4n) is 1.47. The van der Waals surface area contributed by atoms with E-state index in [9.17, 15) is 4.79 Å². The molecule has 0 aliphatic carbocycles. The van der Waals surface area contributed by atoms with Gasteiger partial charge >= 0.3 is 0 Å². The highest BCUT2D eigenvalue weighted by atomic mass is 16.1. The first kappa shape index (κ1) is 10.9. The van der Waals surface area contributed by atoms with Gasteiger partial charge < -0.3 is 0 Å². The zero-order chi connectivity index (χ0) is 10.4. The molecule has 1 heterocycles. The minimum atomic E-state index is 0.127. The van der Waals surface area contributed by atoms with Gasteiger partial charge in [-0.2, -0.15) is 0 Å². The fourth-order valence-corrected chi connectivity index (χ4v) is 1.47. The first-order valence-electron chi connectivity index (χ1n) is 5.21. The number of rotatable bonds is 5. The normalized spacial score (nSPS) is 12.4. The van der Waals surface area contributed by atoms with Crippen molar-refractivity contribution in [3.63, 3.8) is 0 Å². The van der Waals surface area contributed by atoms with Gasteiger partial charge in [-0.05, 0) is 13.3 Å². The Kier molecular flexibility index (Phi) is 4.30. The molecule has 0 amide bonds. The van der Waals surface area contributed by atoms with Crippen LogP contribution in [0.4, 0.5) is 0 Å². The predicted molar refractivity (Wildman–Crippen MR) is 55.7 cm³/mol. The molecule has 0 aliphatic heterocycles. The van der Waals surface area contributed by atoms with Gasteiger partial charge in [0.05, 0.1) is 5.92 Å². The highest BCUT2D eigenvalue weighted by Gasteiger charge is 2.15.